The minimum Gasteiger partial charge on any atom is -0.480 e. The number of carbonyl (C=O) groups excluding carboxylic acids is 2. The van der Waals surface area contributed by atoms with Gasteiger partial charge in [-0.1, -0.05) is 0 Å². The topological polar surface area (TPSA) is 95.9 Å². The second kappa shape index (κ2) is 5.56. The number of ether oxygens (including phenoxy) is 1. The first kappa shape index (κ1) is 13.8. The van der Waals surface area contributed by atoms with Gasteiger partial charge in [0.2, 0.25) is 11.8 Å². The molecule has 2 fully saturated rings. The van der Waals surface area contributed by atoms with Gasteiger partial charge in [0.15, 0.2) is 0 Å². The highest BCUT2D eigenvalue weighted by Gasteiger charge is 2.42. The Hall–Kier alpha value is -1.63. The van der Waals surface area contributed by atoms with Crippen molar-refractivity contribution in [2.45, 2.75) is 31.4 Å². The lowest BCUT2D eigenvalue weighted by Gasteiger charge is -2.28. The third kappa shape index (κ3) is 2.86. The van der Waals surface area contributed by atoms with Crippen molar-refractivity contribution in [1.82, 2.24) is 10.2 Å². The second-order valence-electron chi connectivity index (χ2n) is 4.98. The van der Waals surface area contributed by atoms with Gasteiger partial charge in [-0.25, -0.2) is 4.79 Å². The minimum atomic E-state index is -1.01. The molecule has 7 nitrogen and oxygen atoms in total. The molecular weight excluding hydrogens is 252 g/mol. The molecule has 2 heterocycles. The van der Waals surface area contributed by atoms with Gasteiger partial charge in [0.1, 0.15) is 6.04 Å². The van der Waals surface area contributed by atoms with E-state index in [0.717, 1.165) is 0 Å². The maximum absolute atomic E-state index is 12.3. The van der Waals surface area contributed by atoms with Gasteiger partial charge < -0.3 is 20.1 Å². The van der Waals surface area contributed by atoms with Gasteiger partial charge >= 0.3 is 5.97 Å². The Kier molecular flexibility index (Phi) is 4.04. The second-order valence-corrected chi connectivity index (χ2v) is 4.98. The molecule has 0 bridgehead atoms. The summed E-state index contributed by atoms with van der Waals surface area (Å²) in [6.07, 6.45) is 0.876. The number of carboxylic acid groups (broad SMARTS) is 1. The minimum absolute atomic E-state index is 0.0602. The SMILES string of the molecule is COC1CC(C(=O)O)N(C(=O)C2CCC(=O)NC2)C1. The average Bonchev–Trinajstić information content (AvgIpc) is 2.83. The van der Waals surface area contributed by atoms with E-state index >= 15 is 0 Å². The first-order chi connectivity index (χ1) is 9.02. The number of likely N-dealkylation sites (tertiary alicyclic amines) is 1. The summed E-state index contributed by atoms with van der Waals surface area (Å²) in [5.74, 6) is -1.59. The van der Waals surface area contributed by atoms with Crippen molar-refractivity contribution in [3.63, 3.8) is 0 Å². The van der Waals surface area contributed by atoms with E-state index in [1.54, 1.807) is 0 Å². The summed E-state index contributed by atoms with van der Waals surface area (Å²) in [4.78, 5) is 36.0. The first-order valence-electron chi connectivity index (χ1n) is 6.35. The number of piperidine rings is 1. The summed E-state index contributed by atoms with van der Waals surface area (Å²) < 4.78 is 5.15. The maximum Gasteiger partial charge on any atom is 0.326 e. The van der Waals surface area contributed by atoms with Gasteiger partial charge in [-0.2, -0.15) is 0 Å². The number of nitrogens with zero attached hydrogens (tertiary/aromatic N) is 1. The fraction of sp³-hybridized carbons (Fsp3) is 0.750. The van der Waals surface area contributed by atoms with Crippen LogP contribution in [0.4, 0.5) is 0 Å². The summed E-state index contributed by atoms with van der Waals surface area (Å²) in [6, 6.07) is -0.824. The molecule has 2 rings (SSSR count). The highest BCUT2D eigenvalue weighted by Crippen LogP contribution is 2.24. The molecule has 3 atom stereocenters. The zero-order chi connectivity index (χ0) is 14.0. The maximum atomic E-state index is 12.3. The van der Waals surface area contributed by atoms with Crippen LogP contribution in [0.3, 0.4) is 0 Å². The number of amides is 2. The summed E-state index contributed by atoms with van der Waals surface area (Å²) in [6.45, 7) is 0.592. The summed E-state index contributed by atoms with van der Waals surface area (Å²) in [7, 11) is 1.51. The van der Waals surface area contributed by atoms with Gasteiger partial charge in [-0.05, 0) is 6.42 Å². The molecule has 0 aliphatic carbocycles. The summed E-state index contributed by atoms with van der Waals surface area (Å²) in [5, 5.41) is 11.8. The largest absolute Gasteiger partial charge is 0.480 e. The standard InChI is InChI=1S/C12H18N2O5/c1-19-8-4-9(12(17)18)14(6-8)11(16)7-2-3-10(15)13-5-7/h7-9H,2-6H2,1H3,(H,13,15)(H,17,18). The van der Waals surface area contributed by atoms with E-state index < -0.39 is 12.0 Å². The van der Waals surface area contributed by atoms with Crippen molar-refractivity contribution in [3.05, 3.63) is 0 Å². The first-order valence-corrected chi connectivity index (χ1v) is 6.35. The highest BCUT2D eigenvalue weighted by atomic mass is 16.5. The smallest absolute Gasteiger partial charge is 0.326 e. The third-order valence-electron chi connectivity index (χ3n) is 3.78. The number of methoxy groups -OCH3 is 1. The lowest BCUT2D eigenvalue weighted by molar-refractivity contribution is -0.150. The van der Waals surface area contributed by atoms with E-state index in [2.05, 4.69) is 5.32 Å². The Morgan fingerprint density at radius 1 is 1.47 bits per heavy atom. The van der Waals surface area contributed by atoms with Crippen LogP contribution in [0.2, 0.25) is 0 Å². The molecular formula is C12H18N2O5. The Morgan fingerprint density at radius 3 is 2.74 bits per heavy atom. The van der Waals surface area contributed by atoms with Crippen LogP contribution in [-0.4, -0.2) is 60.1 Å². The number of hydrogen-bond donors (Lipinski definition) is 2. The lowest BCUT2D eigenvalue weighted by Crippen LogP contribution is -2.48. The van der Waals surface area contributed by atoms with Crippen molar-refractivity contribution >= 4 is 17.8 Å². The fourth-order valence-electron chi connectivity index (χ4n) is 2.62. The molecule has 2 amide bonds. The monoisotopic (exact) mass is 270 g/mol. The molecule has 19 heavy (non-hydrogen) atoms. The fourth-order valence-corrected chi connectivity index (χ4v) is 2.62. The molecule has 2 saturated heterocycles. The van der Waals surface area contributed by atoms with Crippen LogP contribution in [0.25, 0.3) is 0 Å². The molecule has 0 spiro atoms. The van der Waals surface area contributed by atoms with E-state index in [1.165, 1.54) is 12.0 Å². The molecule has 2 aliphatic rings. The van der Waals surface area contributed by atoms with Gasteiger partial charge in [-0.3, -0.25) is 9.59 Å². The average molecular weight is 270 g/mol. The molecule has 0 aromatic heterocycles. The molecule has 106 valence electrons. The zero-order valence-corrected chi connectivity index (χ0v) is 10.8. The Morgan fingerprint density at radius 2 is 2.21 bits per heavy atom. The van der Waals surface area contributed by atoms with E-state index in [4.69, 9.17) is 9.84 Å². The zero-order valence-electron chi connectivity index (χ0n) is 10.8. The van der Waals surface area contributed by atoms with Crippen molar-refractivity contribution < 1.29 is 24.2 Å². The van der Waals surface area contributed by atoms with Crippen molar-refractivity contribution in [2.24, 2.45) is 5.92 Å². The van der Waals surface area contributed by atoms with E-state index in [9.17, 15) is 14.4 Å². The summed E-state index contributed by atoms with van der Waals surface area (Å²) >= 11 is 0. The molecule has 2 N–H and O–H groups in total. The van der Waals surface area contributed by atoms with Crippen molar-refractivity contribution in [1.29, 1.82) is 0 Å². The third-order valence-corrected chi connectivity index (χ3v) is 3.78. The van der Waals surface area contributed by atoms with Crippen LogP contribution in [0, 0.1) is 5.92 Å². The molecule has 0 radical (unpaired) electrons. The Balaban J connectivity index is 2.04. The van der Waals surface area contributed by atoms with Crippen LogP contribution < -0.4 is 5.32 Å². The predicted molar refractivity (Wildman–Crippen MR) is 64.3 cm³/mol. The van der Waals surface area contributed by atoms with Gasteiger partial charge in [0.25, 0.3) is 0 Å². The Labute approximate surface area is 110 Å². The van der Waals surface area contributed by atoms with Crippen LogP contribution in [0.15, 0.2) is 0 Å². The lowest BCUT2D eigenvalue weighted by atomic mass is 9.97. The molecule has 0 aromatic carbocycles. The van der Waals surface area contributed by atoms with Gasteiger partial charge in [-0.15, -0.1) is 0 Å². The summed E-state index contributed by atoms with van der Waals surface area (Å²) in [5.41, 5.74) is 0. The predicted octanol–water partition coefficient (Wildman–Crippen LogP) is -0.787. The van der Waals surface area contributed by atoms with Crippen molar-refractivity contribution in [2.75, 3.05) is 20.2 Å². The number of aliphatic carboxylic acids is 1. The number of hydrogen-bond acceptors (Lipinski definition) is 4. The van der Waals surface area contributed by atoms with Crippen LogP contribution in [-0.2, 0) is 19.1 Å². The van der Waals surface area contributed by atoms with E-state index in [-0.39, 0.29) is 30.4 Å². The molecule has 7 heteroatoms. The molecule has 3 unspecified atom stereocenters. The molecule has 0 saturated carbocycles. The number of carboxylic acids is 1. The van der Waals surface area contributed by atoms with E-state index in [0.29, 0.717) is 25.8 Å². The van der Waals surface area contributed by atoms with Gasteiger partial charge in [0.05, 0.1) is 12.0 Å². The molecule has 2 aliphatic heterocycles. The van der Waals surface area contributed by atoms with Crippen LogP contribution in [0.1, 0.15) is 19.3 Å². The van der Waals surface area contributed by atoms with Crippen LogP contribution >= 0.6 is 0 Å². The molecule has 0 aromatic rings. The van der Waals surface area contributed by atoms with Crippen LogP contribution in [0.5, 0.6) is 0 Å². The highest BCUT2D eigenvalue weighted by molar-refractivity contribution is 5.87. The van der Waals surface area contributed by atoms with Gasteiger partial charge in [0, 0.05) is 33.0 Å². The quantitative estimate of drug-likeness (QED) is 0.701. The number of rotatable bonds is 3. The van der Waals surface area contributed by atoms with E-state index in [1.807, 2.05) is 0 Å². The number of carbonyl (C=O) groups is 3. The Bertz CT molecular complexity index is 388. The normalized spacial score (nSPS) is 31.1. The number of nitrogens with one attached hydrogen (secondary N) is 1. The van der Waals surface area contributed by atoms with Crippen molar-refractivity contribution in [3.8, 4) is 0 Å².